The minimum atomic E-state index is -3.84. The molecule has 2 heterocycles. The molecule has 0 unspecified atom stereocenters. The normalized spacial score (nSPS) is 14.5. The molecule has 2 N–H and O–H groups in total. The lowest BCUT2D eigenvalue weighted by Gasteiger charge is -2.18. The summed E-state index contributed by atoms with van der Waals surface area (Å²) in [4.78, 5) is 3.36. The Morgan fingerprint density at radius 3 is 2.86 bits per heavy atom. The zero-order valence-corrected chi connectivity index (χ0v) is 12.0. The summed E-state index contributed by atoms with van der Waals surface area (Å²) in [5.74, 6) is -0.687. The van der Waals surface area contributed by atoms with E-state index in [0.717, 1.165) is 37.0 Å². The molecule has 0 radical (unpaired) electrons. The van der Waals surface area contributed by atoms with Gasteiger partial charge >= 0.3 is 0 Å². The number of fused-ring (bicyclic) bond motifs is 1. The van der Waals surface area contributed by atoms with E-state index in [1.807, 2.05) is 6.07 Å². The fraction of sp³-hybridized carbons (Fsp3) is 0.214. The third kappa shape index (κ3) is 3.03. The van der Waals surface area contributed by atoms with Gasteiger partial charge in [-0.2, -0.15) is 0 Å². The van der Waals surface area contributed by atoms with Crippen molar-refractivity contribution in [1.82, 2.24) is 10.3 Å². The molecule has 5 nitrogen and oxygen atoms in total. The second-order valence-corrected chi connectivity index (χ2v) is 6.54. The summed E-state index contributed by atoms with van der Waals surface area (Å²) in [6.45, 7) is 1.64. The first-order valence-corrected chi connectivity index (χ1v) is 7.99. The second-order valence-electron chi connectivity index (χ2n) is 4.85. The SMILES string of the molecule is O=S(=O)(Nc1ccc2c(c1)CNCC2)c1cncc(F)c1. The highest BCUT2D eigenvalue weighted by molar-refractivity contribution is 7.92. The van der Waals surface area contributed by atoms with Crippen LogP contribution in [0.15, 0.2) is 41.6 Å². The Kier molecular flexibility index (Phi) is 3.60. The molecule has 0 spiro atoms. The number of hydrogen-bond acceptors (Lipinski definition) is 4. The maximum absolute atomic E-state index is 13.1. The van der Waals surface area contributed by atoms with Gasteiger partial charge in [0.25, 0.3) is 10.0 Å². The molecular weight excluding hydrogens is 293 g/mol. The fourth-order valence-electron chi connectivity index (χ4n) is 2.30. The summed E-state index contributed by atoms with van der Waals surface area (Å²) >= 11 is 0. The van der Waals surface area contributed by atoms with Crippen LogP contribution in [-0.4, -0.2) is 19.9 Å². The van der Waals surface area contributed by atoms with Crippen molar-refractivity contribution >= 4 is 15.7 Å². The van der Waals surface area contributed by atoms with Gasteiger partial charge < -0.3 is 5.32 Å². The number of halogens is 1. The van der Waals surface area contributed by atoms with Crippen LogP contribution in [0.4, 0.5) is 10.1 Å². The molecule has 0 atom stereocenters. The van der Waals surface area contributed by atoms with E-state index in [2.05, 4.69) is 15.0 Å². The number of aromatic nitrogens is 1. The van der Waals surface area contributed by atoms with Crippen LogP contribution in [0.3, 0.4) is 0 Å². The molecule has 1 aliphatic heterocycles. The smallest absolute Gasteiger partial charge is 0.263 e. The molecule has 0 amide bonds. The molecule has 21 heavy (non-hydrogen) atoms. The largest absolute Gasteiger partial charge is 0.312 e. The van der Waals surface area contributed by atoms with Crippen LogP contribution >= 0.6 is 0 Å². The van der Waals surface area contributed by atoms with Crippen LogP contribution in [0, 0.1) is 5.82 Å². The summed E-state index contributed by atoms with van der Waals surface area (Å²) < 4.78 is 39.9. The number of nitrogens with zero attached hydrogens (tertiary/aromatic N) is 1. The van der Waals surface area contributed by atoms with E-state index in [9.17, 15) is 12.8 Å². The predicted molar refractivity (Wildman–Crippen MR) is 76.9 cm³/mol. The van der Waals surface area contributed by atoms with Gasteiger partial charge in [-0.1, -0.05) is 6.07 Å². The van der Waals surface area contributed by atoms with Gasteiger partial charge in [-0.15, -0.1) is 0 Å². The van der Waals surface area contributed by atoms with Crippen LogP contribution in [0.25, 0.3) is 0 Å². The Balaban J connectivity index is 1.89. The van der Waals surface area contributed by atoms with Crippen LogP contribution in [0.1, 0.15) is 11.1 Å². The van der Waals surface area contributed by atoms with Crippen molar-refractivity contribution in [3.05, 3.63) is 53.6 Å². The van der Waals surface area contributed by atoms with Crippen LogP contribution in [-0.2, 0) is 23.0 Å². The van der Waals surface area contributed by atoms with E-state index >= 15 is 0 Å². The van der Waals surface area contributed by atoms with E-state index < -0.39 is 15.8 Å². The van der Waals surface area contributed by atoms with Crippen molar-refractivity contribution in [2.24, 2.45) is 0 Å². The average Bonchev–Trinajstić information content (AvgIpc) is 2.47. The molecule has 1 aromatic carbocycles. The topological polar surface area (TPSA) is 71.1 Å². The minimum absolute atomic E-state index is 0.196. The lowest BCUT2D eigenvalue weighted by atomic mass is 10.0. The molecule has 0 bridgehead atoms. The Morgan fingerprint density at radius 2 is 2.05 bits per heavy atom. The third-order valence-corrected chi connectivity index (χ3v) is 4.68. The molecule has 1 aromatic heterocycles. The number of benzene rings is 1. The molecule has 1 aliphatic rings. The Bertz CT molecular complexity index is 778. The lowest BCUT2D eigenvalue weighted by molar-refractivity contribution is 0.592. The van der Waals surface area contributed by atoms with Gasteiger partial charge in [0.1, 0.15) is 10.7 Å². The van der Waals surface area contributed by atoms with E-state index in [-0.39, 0.29) is 4.90 Å². The van der Waals surface area contributed by atoms with Gasteiger partial charge in [0.05, 0.1) is 6.20 Å². The number of sulfonamides is 1. The first-order chi connectivity index (χ1) is 10.0. The summed E-state index contributed by atoms with van der Waals surface area (Å²) in [6, 6.07) is 6.37. The number of anilines is 1. The maximum atomic E-state index is 13.1. The van der Waals surface area contributed by atoms with E-state index in [4.69, 9.17) is 0 Å². The molecule has 2 aromatic rings. The number of pyridine rings is 1. The van der Waals surface area contributed by atoms with Gasteiger partial charge in [-0.25, -0.2) is 12.8 Å². The average molecular weight is 307 g/mol. The van der Waals surface area contributed by atoms with Crippen molar-refractivity contribution in [2.45, 2.75) is 17.9 Å². The van der Waals surface area contributed by atoms with Crippen molar-refractivity contribution in [3.63, 3.8) is 0 Å². The van der Waals surface area contributed by atoms with Gasteiger partial charge in [0, 0.05) is 18.4 Å². The molecule has 0 saturated carbocycles. The monoisotopic (exact) mass is 307 g/mol. The molecule has 0 aliphatic carbocycles. The van der Waals surface area contributed by atoms with E-state index in [1.165, 1.54) is 5.56 Å². The van der Waals surface area contributed by atoms with Crippen molar-refractivity contribution in [2.75, 3.05) is 11.3 Å². The Labute approximate surface area is 122 Å². The van der Waals surface area contributed by atoms with Crippen LogP contribution < -0.4 is 10.0 Å². The Morgan fingerprint density at radius 1 is 1.19 bits per heavy atom. The summed E-state index contributed by atoms with van der Waals surface area (Å²) in [6.07, 6.45) is 3.01. The first-order valence-electron chi connectivity index (χ1n) is 6.50. The third-order valence-electron chi connectivity index (χ3n) is 3.34. The first kappa shape index (κ1) is 14.0. The zero-order valence-electron chi connectivity index (χ0n) is 11.1. The highest BCUT2D eigenvalue weighted by Gasteiger charge is 2.17. The van der Waals surface area contributed by atoms with Crippen molar-refractivity contribution in [1.29, 1.82) is 0 Å². The molecular formula is C14H14FN3O2S. The summed E-state index contributed by atoms with van der Waals surface area (Å²) in [7, 11) is -3.84. The summed E-state index contributed by atoms with van der Waals surface area (Å²) in [5, 5.41) is 3.23. The van der Waals surface area contributed by atoms with Gasteiger partial charge in [-0.3, -0.25) is 9.71 Å². The van der Waals surface area contributed by atoms with Gasteiger partial charge in [0.15, 0.2) is 0 Å². The molecule has 110 valence electrons. The standard InChI is InChI=1S/C14H14FN3O2S/c15-12-6-14(9-17-8-12)21(19,20)18-13-2-1-10-3-4-16-7-11(10)5-13/h1-2,5-6,8-9,16,18H,3-4,7H2. The predicted octanol–water partition coefficient (Wildman–Crippen LogP) is 1.67. The molecule has 7 heteroatoms. The lowest BCUT2D eigenvalue weighted by Crippen LogP contribution is -2.23. The fourth-order valence-corrected chi connectivity index (χ4v) is 3.32. The number of nitrogens with one attached hydrogen (secondary N) is 2. The number of hydrogen-bond donors (Lipinski definition) is 2. The quantitative estimate of drug-likeness (QED) is 0.905. The van der Waals surface area contributed by atoms with Gasteiger partial charge in [0.2, 0.25) is 0 Å². The zero-order chi connectivity index (χ0) is 14.9. The minimum Gasteiger partial charge on any atom is -0.312 e. The molecule has 0 saturated heterocycles. The molecule has 3 rings (SSSR count). The maximum Gasteiger partial charge on any atom is 0.263 e. The highest BCUT2D eigenvalue weighted by atomic mass is 32.2. The van der Waals surface area contributed by atoms with Crippen LogP contribution in [0.5, 0.6) is 0 Å². The highest BCUT2D eigenvalue weighted by Crippen LogP contribution is 2.21. The summed E-state index contributed by atoms with van der Waals surface area (Å²) in [5.41, 5.74) is 2.74. The second kappa shape index (κ2) is 5.42. The van der Waals surface area contributed by atoms with Crippen LogP contribution in [0.2, 0.25) is 0 Å². The van der Waals surface area contributed by atoms with E-state index in [1.54, 1.807) is 12.1 Å². The van der Waals surface area contributed by atoms with Gasteiger partial charge in [-0.05, 0) is 42.3 Å². The van der Waals surface area contributed by atoms with Crippen molar-refractivity contribution in [3.8, 4) is 0 Å². The van der Waals surface area contributed by atoms with Crippen molar-refractivity contribution < 1.29 is 12.8 Å². The van der Waals surface area contributed by atoms with E-state index in [0.29, 0.717) is 12.2 Å². The number of rotatable bonds is 3. The molecule has 0 fully saturated rings. The Hall–Kier alpha value is -1.99.